The molecule has 0 radical (unpaired) electrons. The van der Waals surface area contributed by atoms with Crippen molar-refractivity contribution < 1.29 is 19.2 Å². The van der Waals surface area contributed by atoms with Gasteiger partial charge in [-0.25, -0.2) is 0 Å². The van der Waals surface area contributed by atoms with Crippen LogP contribution >= 0.6 is 0 Å². The average Bonchev–Trinajstić information content (AvgIpc) is 2.91. The minimum atomic E-state index is -1.15. The molecule has 0 fully saturated rings. The zero-order valence-electron chi connectivity index (χ0n) is 18.3. The Labute approximate surface area is 179 Å². The van der Waals surface area contributed by atoms with Crippen molar-refractivity contribution in [3.05, 3.63) is 54.1 Å². The maximum absolute atomic E-state index is 12.3. The topological polar surface area (TPSA) is 44.9 Å². The third-order valence-corrected chi connectivity index (χ3v) is 6.28. The molecule has 4 rings (SSSR count). The fraction of sp³-hybridized carbons (Fsp3) is 0.480. The van der Waals surface area contributed by atoms with E-state index < -0.39 is 5.72 Å². The van der Waals surface area contributed by atoms with E-state index in [1.165, 1.54) is 12.3 Å². The lowest BCUT2D eigenvalue weighted by Crippen LogP contribution is -2.51. The molecule has 2 aliphatic rings. The van der Waals surface area contributed by atoms with Crippen molar-refractivity contribution in [1.82, 2.24) is 0 Å². The van der Waals surface area contributed by atoms with E-state index in [0.29, 0.717) is 13.2 Å². The van der Waals surface area contributed by atoms with Gasteiger partial charge in [-0.1, -0.05) is 0 Å². The molecule has 2 aromatic carbocycles. The molecule has 0 amide bonds. The predicted molar refractivity (Wildman–Crippen MR) is 120 cm³/mol. The molecule has 0 aromatic heterocycles. The van der Waals surface area contributed by atoms with Crippen molar-refractivity contribution in [2.45, 2.75) is 58.2 Å². The highest BCUT2D eigenvalue weighted by molar-refractivity contribution is 5.97. The van der Waals surface area contributed by atoms with Crippen LogP contribution in [0.3, 0.4) is 0 Å². The number of rotatable bonds is 6. The molecule has 0 unspecified atom stereocenters. The second-order valence-electron chi connectivity index (χ2n) is 8.04. The Kier molecular flexibility index (Phi) is 6.00. The molecule has 2 aliphatic heterocycles. The second-order valence-corrected chi connectivity index (χ2v) is 8.04. The van der Waals surface area contributed by atoms with Crippen LogP contribution in [0.5, 0.6) is 11.5 Å². The minimum absolute atomic E-state index is 0.0601. The number of amidine groups is 1. The molecular weight excluding hydrogens is 376 g/mol. The van der Waals surface area contributed by atoms with Gasteiger partial charge in [-0.15, -0.1) is 0 Å². The van der Waals surface area contributed by atoms with Crippen molar-refractivity contribution in [3.8, 4) is 11.5 Å². The van der Waals surface area contributed by atoms with Crippen molar-refractivity contribution in [1.29, 1.82) is 0 Å². The summed E-state index contributed by atoms with van der Waals surface area (Å²) < 4.78 is 13.7. The van der Waals surface area contributed by atoms with Gasteiger partial charge < -0.3 is 14.6 Å². The van der Waals surface area contributed by atoms with E-state index >= 15 is 0 Å². The van der Waals surface area contributed by atoms with E-state index in [2.05, 4.69) is 28.5 Å². The first-order valence-electron chi connectivity index (χ1n) is 11.2. The number of aliphatic hydroxyl groups is 1. The van der Waals surface area contributed by atoms with E-state index in [1.807, 2.05) is 50.2 Å². The minimum Gasteiger partial charge on any atom is -0.494 e. The lowest BCUT2D eigenvalue weighted by molar-refractivity contribution is -0.571. The molecule has 5 heteroatoms. The lowest BCUT2D eigenvalue weighted by atomic mass is 9.93. The van der Waals surface area contributed by atoms with Gasteiger partial charge >= 0.3 is 0 Å². The fourth-order valence-corrected chi connectivity index (χ4v) is 4.81. The summed E-state index contributed by atoms with van der Waals surface area (Å²) >= 11 is 0. The summed E-state index contributed by atoms with van der Waals surface area (Å²) in [4.78, 5) is 2.15. The quantitative estimate of drug-likeness (QED) is 0.713. The van der Waals surface area contributed by atoms with Gasteiger partial charge in [0.2, 0.25) is 0 Å². The summed E-state index contributed by atoms with van der Waals surface area (Å²) in [5.41, 5.74) is 0.721. The van der Waals surface area contributed by atoms with Crippen molar-refractivity contribution in [3.63, 3.8) is 0 Å². The van der Waals surface area contributed by atoms with Crippen LogP contribution in [-0.4, -0.2) is 41.3 Å². The van der Waals surface area contributed by atoms with Crippen molar-refractivity contribution in [2.75, 3.05) is 24.7 Å². The SMILES string of the molecule is CCOc1ccc(N2C3=[N+](CCCCC3)[C@H](C)[C@@]2(O)c2ccc(OCC)cc2)cc1. The Morgan fingerprint density at radius 1 is 0.933 bits per heavy atom. The summed E-state index contributed by atoms with van der Waals surface area (Å²) in [6.45, 7) is 8.34. The van der Waals surface area contributed by atoms with Gasteiger partial charge in [0.1, 0.15) is 17.2 Å². The normalized spacial score (nSPS) is 23.9. The van der Waals surface area contributed by atoms with Crippen LogP contribution in [0, 0.1) is 0 Å². The van der Waals surface area contributed by atoms with Crippen molar-refractivity contribution >= 4 is 11.5 Å². The van der Waals surface area contributed by atoms with Gasteiger partial charge in [-0.2, -0.15) is 4.90 Å². The predicted octanol–water partition coefficient (Wildman–Crippen LogP) is 4.52. The highest BCUT2D eigenvalue weighted by Gasteiger charge is 2.59. The molecule has 2 heterocycles. The van der Waals surface area contributed by atoms with Gasteiger partial charge in [-0.05, 0) is 88.6 Å². The largest absolute Gasteiger partial charge is 0.494 e. The monoisotopic (exact) mass is 409 g/mol. The van der Waals surface area contributed by atoms with Crippen LogP contribution in [0.25, 0.3) is 0 Å². The number of anilines is 1. The molecule has 2 atom stereocenters. The number of nitrogens with zero attached hydrogens (tertiary/aromatic N) is 2. The van der Waals surface area contributed by atoms with E-state index in [1.54, 1.807) is 0 Å². The van der Waals surface area contributed by atoms with Gasteiger partial charge in [0.15, 0.2) is 6.04 Å². The van der Waals surface area contributed by atoms with Gasteiger partial charge in [0.05, 0.1) is 19.8 Å². The average molecular weight is 410 g/mol. The highest BCUT2D eigenvalue weighted by atomic mass is 16.5. The molecule has 0 saturated carbocycles. The first-order valence-corrected chi connectivity index (χ1v) is 11.2. The van der Waals surface area contributed by atoms with E-state index in [0.717, 1.165) is 48.6 Å². The Morgan fingerprint density at radius 3 is 2.13 bits per heavy atom. The molecule has 160 valence electrons. The first kappa shape index (κ1) is 20.7. The number of ether oxygens (including phenoxy) is 2. The third kappa shape index (κ3) is 3.56. The van der Waals surface area contributed by atoms with Crippen LogP contribution in [0.15, 0.2) is 48.5 Å². The summed E-state index contributed by atoms with van der Waals surface area (Å²) in [6, 6.07) is 15.9. The number of benzene rings is 2. The molecule has 30 heavy (non-hydrogen) atoms. The molecule has 2 aromatic rings. The van der Waals surface area contributed by atoms with Crippen LogP contribution < -0.4 is 14.4 Å². The summed E-state index contributed by atoms with van der Waals surface area (Å²) in [7, 11) is 0. The van der Waals surface area contributed by atoms with Crippen LogP contribution in [-0.2, 0) is 5.72 Å². The second kappa shape index (κ2) is 8.68. The maximum atomic E-state index is 12.3. The van der Waals surface area contributed by atoms with Gasteiger partial charge in [-0.3, -0.25) is 4.58 Å². The fourth-order valence-electron chi connectivity index (χ4n) is 4.81. The Morgan fingerprint density at radius 2 is 1.53 bits per heavy atom. The van der Waals surface area contributed by atoms with E-state index in [-0.39, 0.29) is 6.04 Å². The van der Waals surface area contributed by atoms with Crippen LogP contribution in [0.4, 0.5) is 5.69 Å². The summed E-state index contributed by atoms with van der Waals surface area (Å²) in [6.07, 6.45) is 4.50. The molecule has 1 N–H and O–H groups in total. The van der Waals surface area contributed by atoms with Crippen molar-refractivity contribution in [2.24, 2.45) is 0 Å². The zero-order chi connectivity index (χ0) is 21.1. The molecule has 0 aliphatic carbocycles. The first-order chi connectivity index (χ1) is 14.6. The van der Waals surface area contributed by atoms with E-state index in [4.69, 9.17) is 9.47 Å². The van der Waals surface area contributed by atoms with E-state index in [9.17, 15) is 5.11 Å². The Balaban J connectivity index is 1.78. The summed E-state index contributed by atoms with van der Waals surface area (Å²) in [5.74, 6) is 2.88. The highest BCUT2D eigenvalue weighted by Crippen LogP contribution is 2.42. The number of hydrogen-bond donors (Lipinski definition) is 1. The maximum Gasteiger partial charge on any atom is 0.278 e. The third-order valence-electron chi connectivity index (χ3n) is 6.28. The lowest BCUT2D eigenvalue weighted by Gasteiger charge is -2.32. The molecule has 5 nitrogen and oxygen atoms in total. The molecular formula is C25H33N2O3+. The molecule has 0 bridgehead atoms. The van der Waals surface area contributed by atoms with Gasteiger partial charge in [0.25, 0.3) is 11.6 Å². The standard InChI is InChI=1S/C25H33N2O3/c1-4-29-22-14-10-20(11-15-22)25(28)19(3)26-18-8-6-7-9-24(26)27(25)21-12-16-23(17-13-21)30-5-2/h10-17,19,28H,4-9,18H2,1-3H3/q+1/t19-,25-/m1/s1. The smallest absolute Gasteiger partial charge is 0.278 e. The van der Waals surface area contributed by atoms with Gasteiger partial charge in [0, 0.05) is 12.0 Å². The zero-order valence-corrected chi connectivity index (χ0v) is 18.3. The molecule has 0 spiro atoms. The summed E-state index contributed by atoms with van der Waals surface area (Å²) in [5, 5.41) is 12.3. The molecule has 0 saturated heterocycles. The van der Waals surface area contributed by atoms with Crippen LogP contribution in [0.2, 0.25) is 0 Å². The number of hydrogen-bond acceptors (Lipinski definition) is 4. The van der Waals surface area contributed by atoms with Crippen LogP contribution in [0.1, 0.15) is 52.0 Å². The Bertz CT molecular complexity index is 892. The Hall–Kier alpha value is -2.53.